The standard InChI is InChI=1S/C12H16N4O/c1-2-16(9-11-4-3-7-17-11)12-14-6-5-10(8-13)15-12/h3-7H,2,8-9,13H2,1H3. The lowest BCUT2D eigenvalue weighted by molar-refractivity contribution is 0.501. The summed E-state index contributed by atoms with van der Waals surface area (Å²) in [5.41, 5.74) is 6.41. The predicted octanol–water partition coefficient (Wildman–Crippen LogP) is 1.55. The van der Waals surface area contributed by atoms with Crippen LogP contribution in [-0.2, 0) is 13.1 Å². The van der Waals surface area contributed by atoms with Crippen molar-refractivity contribution < 1.29 is 4.42 Å². The zero-order valence-electron chi connectivity index (χ0n) is 9.84. The first-order valence-corrected chi connectivity index (χ1v) is 5.62. The third-order valence-corrected chi connectivity index (χ3v) is 2.50. The van der Waals surface area contributed by atoms with E-state index >= 15 is 0 Å². The van der Waals surface area contributed by atoms with Crippen molar-refractivity contribution in [3.8, 4) is 0 Å². The van der Waals surface area contributed by atoms with E-state index in [1.807, 2.05) is 23.1 Å². The first-order valence-electron chi connectivity index (χ1n) is 5.62. The molecule has 2 aromatic heterocycles. The molecule has 2 rings (SSSR count). The summed E-state index contributed by atoms with van der Waals surface area (Å²) in [6, 6.07) is 5.64. The Kier molecular flexibility index (Phi) is 3.72. The molecule has 0 bridgehead atoms. The minimum absolute atomic E-state index is 0.424. The molecule has 0 saturated heterocycles. The zero-order chi connectivity index (χ0) is 12.1. The molecule has 5 heteroatoms. The third-order valence-electron chi connectivity index (χ3n) is 2.50. The van der Waals surface area contributed by atoms with Crippen LogP contribution in [0.3, 0.4) is 0 Å². The van der Waals surface area contributed by atoms with E-state index in [9.17, 15) is 0 Å². The molecule has 2 aromatic rings. The highest BCUT2D eigenvalue weighted by Crippen LogP contribution is 2.12. The largest absolute Gasteiger partial charge is 0.467 e. The average molecular weight is 232 g/mol. The van der Waals surface area contributed by atoms with E-state index in [0.29, 0.717) is 19.0 Å². The van der Waals surface area contributed by atoms with Gasteiger partial charge in [0.2, 0.25) is 5.95 Å². The maximum Gasteiger partial charge on any atom is 0.225 e. The number of aromatic nitrogens is 2. The van der Waals surface area contributed by atoms with Crippen LogP contribution >= 0.6 is 0 Å². The van der Waals surface area contributed by atoms with Gasteiger partial charge in [-0.2, -0.15) is 0 Å². The summed E-state index contributed by atoms with van der Waals surface area (Å²) in [6.45, 7) is 3.96. The van der Waals surface area contributed by atoms with Crippen molar-refractivity contribution in [3.63, 3.8) is 0 Å². The van der Waals surface area contributed by atoms with Gasteiger partial charge in [-0.25, -0.2) is 9.97 Å². The summed E-state index contributed by atoms with van der Waals surface area (Å²) in [7, 11) is 0. The smallest absolute Gasteiger partial charge is 0.225 e. The first kappa shape index (κ1) is 11.6. The Bertz CT molecular complexity index is 455. The van der Waals surface area contributed by atoms with Crippen LogP contribution in [-0.4, -0.2) is 16.5 Å². The van der Waals surface area contributed by atoms with Crippen LogP contribution in [0.5, 0.6) is 0 Å². The summed E-state index contributed by atoms with van der Waals surface area (Å²) in [4.78, 5) is 10.7. The molecule has 2 heterocycles. The minimum Gasteiger partial charge on any atom is -0.467 e. The second kappa shape index (κ2) is 5.45. The Hall–Kier alpha value is -1.88. The van der Waals surface area contributed by atoms with Gasteiger partial charge < -0.3 is 15.1 Å². The van der Waals surface area contributed by atoms with Gasteiger partial charge in [0.05, 0.1) is 18.5 Å². The number of rotatable bonds is 5. The quantitative estimate of drug-likeness (QED) is 0.847. The summed E-state index contributed by atoms with van der Waals surface area (Å²) < 4.78 is 5.32. The molecule has 0 saturated carbocycles. The molecule has 2 N–H and O–H groups in total. The SMILES string of the molecule is CCN(Cc1ccco1)c1nccc(CN)n1. The summed E-state index contributed by atoms with van der Waals surface area (Å²) >= 11 is 0. The van der Waals surface area contributed by atoms with Crippen LogP contribution in [0, 0.1) is 0 Å². The highest BCUT2D eigenvalue weighted by Gasteiger charge is 2.10. The summed E-state index contributed by atoms with van der Waals surface area (Å²) in [5, 5.41) is 0. The van der Waals surface area contributed by atoms with Crippen molar-refractivity contribution in [1.82, 2.24) is 9.97 Å². The number of nitrogens with zero attached hydrogens (tertiary/aromatic N) is 3. The summed E-state index contributed by atoms with van der Waals surface area (Å²) in [6.07, 6.45) is 3.40. The van der Waals surface area contributed by atoms with Gasteiger partial charge in [-0.05, 0) is 25.1 Å². The van der Waals surface area contributed by atoms with E-state index in [0.717, 1.165) is 18.0 Å². The molecule has 0 aliphatic carbocycles. The van der Waals surface area contributed by atoms with Crippen LogP contribution in [0.4, 0.5) is 5.95 Å². The Balaban J connectivity index is 2.16. The van der Waals surface area contributed by atoms with Gasteiger partial charge in [-0.3, -0.25) is 0 Å². The molecule has 0 spiro atoms. The second-order valence-corrected chi connectivity index (χ2v) is 3.65. The van der Waals surface area contributed by atoms with Crippen molar-refractivity contribution >= 4 is 5.95 Å². The molecule has 0 fully saturated rings. The maximum atomic E-state index is 5.57. The molecule has 0 aromatic carbocycles. The van der Waals surface area contributed by atoms with Gasteiger partial charge in [0, 0.05) is 19.3 Å². The van der Waals surface area contributed by atoms with Crippen molar-refractivity contribution in [3.05, 3.63) is 42.1 Å². The highest BCUT2D eigenvalue weighted by molar-refractivity contribution is 5.30. The van der Waals surface area contributed by atoms with Crippen molar-refractivity contribution in [2.45, 2.75) is 20.0 Å². The van der Waals surface area contributed by atoms with Crippen LogP contribution in [0.1, 0.15) is 18.4 Å². The molecule has 0 aliphatic rings. The van der Waals surface area contributed by atoms with E-state index in [1.54, 1.807) is 12.5 Å². The van der Waals surface area contributed by atoms with Gasteiger partial charge in [0.25, 0.3) is 0 Å². The van der Waals surface area contributed by atoms with Crippen LogP contribution in [0.2, 0.25) is 0 Å². The molecular weight excluding hydrogens is 216 g/mol. The Morgan fingerprint density at radius 1 is 1.41 bits per heavy atom. The monoisotopic (exact) mass is 232 g/mol. The van der Waals surface area contributed by atoms with Crippen LogP contribution in [0.15, 0.2) is 35.1 Å². The molecule has 0 radical (unpaired) electrons. The fourth-order valence-corrected chi connectivity index (χ4v) is 1.57. The lowest BCUT2D eigenvalue weighted by Gasteiger charge is -2.19. The topological polar surface area (TPSA) is 68.2 Å². The first-order chi connectivity index (χ1) is 8.33. The molecular formula is C12H16N4O. The Morgan fingerprint density at radius 3 is 2.94 bits per heavy atom. The van der Waals surface area contributed by atoms with Crippen molar-refractivity contribution in [2.24, 2.45) is 5.73 Å². The van der Waals surface area contributed by atoms with Crippen LogP contribution in [0.25, 0.3) is 0 Å². The number of furan rings is 1. The minimum atomic E-state index is 0.424. The molecule has 0 amide bonds. The van der Waals surface area contributed by atoms with Gasteiger partial charge >= 0.3 is 0 Å². The molecule has 5 nitrogen and oxygen atoms in total. The maximum absolute atomic E-state index is 5.57. The van der Waals surface area contributed by atoms with E-state index in [-0.39, 0.29) is 0 Å². The second-order valence-electron chi connectivity index (χ2n) is 3.65. The molecule has 0 unspecified atom stereocenters. The Labute approximate surface area is 100 Å². The summed E-state index contributed by atoms with van der Waals surface area (Å²) in [5.74, 6) is 1.58. The van der Waals surface area contributed by atoms with E-state index < -0.39 is 0 Å². The molecule has 0 atom stereocenters. The fraction of sp³-hybridized carbons (Fsp3) is 0.333. The predicted molar refractivity (Wildman–Crippen MR) is 65.4 cm³/mol. The van der Waals surface area contributed by atoms with Crippen LogP contribution < -0.4 is 10.6 Å². The number of hydrogen-bond acceptors (Lipinski definition) is 5. The van der Waals surface area contributed by atoms with Gasteiger partial charge in [-0.1, -0.05) is 0 Å². The van der Waals surface area contributed by atoms with Gasteiger partial charge in [0.1, 0.15) is 5.76 Å². The highest BCUT2D eigenvalue weighted by atomic mass is 16.3. The van der Waals surface area contributed by atoms with E-state index in [2.05, 4.69) is 16.9 Å². The number of hydrogen-bond donors (Lipinski definition) is 1. The van der Waals surface area contributed by atoms with E-state index in [1.165, 1.54) is 0 Å². The lowest BCUT2D eigenvalue weighted by Crippen LogP contribution is -2.24. The van der Waals surface area contributed by atoms with E-state index in [4.69, 9.17) is 10.2 Å². The Morgan fingerprint density at radius 2 is 2.29 bits per heavy atom. The van der Waals surface area contributed by atoms with Crippen molar-refractivity contribution in [2.75, 3.05) is 11.4 Å². The normalized spacial score (nSPS) is 10.5. The number of nitrogens with two attached hydrogens (primary N) is 1. The third kappa shape index (κ3) is 2.82. The fourth-order valence-electron chi connectivity index (χ4n) is 1.57. The van der Waals surface area contributed by atoms with Gasteiger partial charge in [0.15, 0.2) is 0 Å². The number of anilines is 1. The zero-order valence-corrected chi connectivity index (χ0v) is 9.84. The molecule has 17 heavy (non-hydrogen) atoms. The average Bonchev–Trinajstić information content (AvgIpc) is 2.89. The molecule has 0 aliphatic heterocycles. The van der Waals surface area contributed by atoms with Crippen molar-refractivity contribution in [1.29, 1.82) is 0 Å². The molecule has 90 valence electrons. The van der Waals surface area contributed by atoms with Gasteiger partial charge in [-0.15, -0.1) is 0 Å². The lowest BCUT2D eigenvalue weighted by atomic mass is 10.4.